The van der Waals surface area contributed by atoms with Crippen LogP contribution in [0.25, 0.3) is 11.4 Å². The second kappa shape index (κ2) is 9.54. The largest absolute Gasteiger partial charge is 0.493 e. The van der Waals surface area contributed by atoms with Crippen LogP contribution in [-0.2, 0) is 17.8 Å². The van der Waals surface area contributed by atoms with Crippen LogP contribution < -0.4 is 19.5 Å². The lowest BCUT2D eigenvalue weighted by Crippen LogP contribution is -2.23. The number of nitrogens with one attached hydrogen (secondary N) is 1. The lowest BCUT2D eigenvalue weighted by Gasteiger charge is -2.12. The van der Waals surface area contributed by atoms with Crippen LogP contribution in [0.4, 0.5) is 0 Å². The minimum atomic E-state index is -0.110. The number of carbonyl (C=O) groups is 1. The van der Waals surface area contributed by atoms with Gasteiger partial charge in [-0.1, -0.05) is 11.2 Å². The molecule has 9 heteroatoms. The number of aryl methyl sites for hydroxylation is 1. The molecule has 0 unspecified atom stereocenters. The monoisotopic (exact) mass is 398 g/mol. The van der Waals surface area contributed by atoms with Gasteiger partial charge in [0.2, 0.25) is 23.4 Å². The van der Waals surface area contributed by atoms with Crippen molar-refractivity contribution in [1.82, 2.24) is 20.4 Å². The molecule has 1 amide bonds. The molecule has 1 aromatic carbocycles. The minimum absolute atomic E-state index is 0.110. The fourth-order valence-electron chi connectivity index (χ4n) is 2.70. The van der Waals surface area contributed by atoms with Gasteiger partial charge in [0, 0.05) is 37.3 Å². The number of carbonyl (C=O) groups excluding carboxylic acids is 1. The number of pyridine rings is 1. The molecule has 0 aliphatic carbocycles. The van der Waals surface area contributed by atoms with Crippen molar-refractivity contribution in [1.29, 1.82) is 0 Å². The SMILES string of the molecule is COc1cc(-c2noc(CCC(=O)NCc3cccnc3)n2)cc(OC)c1OC. The Labute approximate surface area is 168 Å². The molecule has 152 valence electrons. The molecule has 0 atom stereocenters. The lowest BCUT2D eigenvalue weighted by molar-refractivity contribution is -0.121. The van der Waals surface area contributed by atoms with Crippen LogP contribution in [0.3, 0.4) is 0 Å². The smallest absolute Gasteiger partial charge is 0.227 e. The van der Waals surface area contributed by atoms with Gasteiger partial charge in [-0.3, -0.25) is 9.78 Å². The van der Waals surface area contributed by atoms with E-state index in [4.69, 9.17) is 18.7 Å². The van der Waals surface area contributed by atoms with Crippen molar-refractivity contribution in [3.05, 3.63) is 48.1 Å². The lowest BCUT2D eigenvalue weighted by atomic mass is 10.1. The van der Waals surface area contributed by atoms with Crippen LogP contribution in [0.5, 0.6) is 17.2 Å². The van der Waals surface area contributed by atoms with E-state index in [1.807, 2.05) is 12.1 Å². The summed E-state index contributed by atoms with van der Waals surface area (Å²) in [7, 11) is 4.60. The third-order valence-corrected chi connectivity index (χ3v) is 4.17. The molecular formula is C20H22N4O5. The first-order chi connectivity index (χ1) is 14.1. The first-order valence-corrected chi connectivity index (χ1v) is 8.93. The summed E-state index contributed by atoms with van der Waals surface area (Å²) in [6.45, 7) is 0.424. The van der Waals surface area contributed by atoms with E-state index in [0.29, 0.717) is 47.5 Å². The van der Waals surface area contributed by atoms with Crippen molar-refractivity contribution in [2.24, 2.45) is 0 Å². The first-order valence-electron chi connectivity index (χ1n) is 8.93. The topological polar surface area (TPSA) is 109 Å². The third kappa shape index (κ3) is 5.01. The van der Waals surface area contributed by atoms with Gasteiger partial charge in [0.05, 0.1) is 21.3 Å². The van der Waals surface area contributed by atoms with Gasteiger partial charge in [0.25, 0.3) is 0 Å². The number of amides is 1. The summed E-state index contributed by atoms with van der Waals surface area (Å²) in [4.78, 5) is 20.4. The van der Waals surface area contributed by atoms with Crippen molar-refractivity contribution in [2.45, 2.75) is 19.4 Å². The van der Waals surface area contributed by atoms with E-state index in [1.165, 1.54) is 21.3 Å². The zero-order valence-electron chi connectivity index (χ0n) is 16.5. The average molecular weight is 398 g/mol. The van der Waals surface area contributed by atoms with E-state index in [-0.39, 0.29) is 12.3 Å². The van der Waals surface area contributed by atoms with Crippen molar-refractivity contribution in [2.75, 3.05) is 21.3 Å². The quantitative estimate of drug-likeness (QED) is 0.585. The molecule has 2 aromatic heterocycles. The Balaban J connectivity index is 1.62. The number of aromatic nitrogens is 3. The van der Waals surface area contributed by atoms with Gasteiger partial charge in [0.1, 0.15) is 0 Å². The fraction of sp³-hybridized carbons (Fsp3) is 0.300. The van der Waals surface area contributed by atoms with E-state index >= 15 is 0 Å². The van der Waals surface area contributed by atoms with E-state index in [0.717, 1.165) is 5.56 Å². The number of ether oxygens (including phenoxy) is 3. The van der Waals surface area contributed by atoms with E-state index in [1.54, 1.807) is 24.5 Å². The molecule has 0 aliphatic rings. The highest BCUT2D eigenvalue weighted by Crippen LogP contribution is 2.40. The molecule has 0 radical (unpaired) electrons. The molecule has 0 aliphatic heterocycles. The van der Waals surface area contributed by atoms with Crippen molar-refractivity contribution in [3.8, 4) is 28.6 Å². The van der Waals surface area contributed by atoms with Gasteiger partial charge < -0.3 is 24.1 Å². The van der Waals surface area contributed by atoms with E-state index < -0.39 is 0 Å². The Hall–Kier alpha value is -3.62. The maximum Gasteiger partial charge on any atom is 0.227 e. The molecule has 0 spiro atoms. The molecule has 9 nitrogen and oxygen atoms in total. The van der Waals surface area contributed by atoms with E-state index in [2.05, 4.69) is 20.4 Å². The summed E-state index contributed by atoms with van der Waals surface area (Å²) < 4.78 is 21.3. The van der Waals surface area contributed by atoms with Crippen molar-refractivity contribution in [3.63, 3.8) is 0 Å². The predicted molar refractivity (Wildman–Crippen MR) is 104 cm³/mol. The Kier molecular flexibility index (Phi) is 6.62. The number of methoxy groups -OCH3 is 3. The van der Waals surface area contributed by atoms with Gasteiger partial charge in [0.15, 0.2) is 11.5 Å². The second-order valence-corrected chi connectivity index (χ2v) is 6.06. The highest BCUT2D eigenvalue weighted by Gasteiger charge is 2.17. The number of hydrogen-bond donors (Lipinski definition) is 1. The third-order valence-electron chi connectivity index (χ3n) is 4.17. The molecule has 0 bridgehead atoms. The average Bonchev–Trinajstić information content (AvgIpc) is 3.25. The molecule has 29 heavy (non-hydrogen) atoms. The Morgan fingerprint density at radius 1 is 1.14 bits per heavy atom. The Morgan fingerprint density at radius 3 is 2.52 bits per heavy atom. The van der Waals surface area contributed by atoms with Gasteiger partial charge in [-0.05, 0) is 23.8 Å². The molecule has 2 heterocycles. The number of hydrogen-bond acceptors (Lipinski definition) is 8. The summed E-state index contributed by atoms with van der Waals surface area (Å²) in [6, 6.07) is 7.19. The predicted octanol–water partition coefficient (Wildman–Crippen LogP) is 2.41. The molecule has 1 N–H and O–H groups in total. The Morgan fingerprint density at radius 2 is 1.90 bits per heavy atom. The molecule has 0 saturated heterocycles. The summed E-state index contributed by atoms with van der Waals surface area (Å²) in [5, 5.41) is 6.82. The molecule has 3 rings (SSSR count). The van der Waals surface area contributed by atoms with Crippen LogP contribution in [0.2, 0.25) is 0 Å². The standard InChI is InChI=1S/C20H22N4O5/c1-26-15-9-14(10-16(27-2)19(15)28-3)20-23-18(29-24-20)7-6-17(25)22-12-13-5-4-8-21-11-13/h4-5,8-11H,6-7,12H2,1-3H3,(H,22,25). The van der Waals surface area contributed by atoms with Crippen molar-refractivity contribution >= 4 is 5.91 Å². The number of benzene rings is 1. The van der Waals surface area contributed by atoms with Gasteiger partial charge in [-0.25, -0.2) is 0 Å². The van der Waals surface area contributed by atoms with Crippen LogP contribution in [0, 0.1) is 0 Å². The summed E-state index contributed by atoms with van der Waals surface area (Å²) in [5.41, 5.74) is 1.58. The molecular weight excluding hydrogens is 376 g/mol. The molecule has 0 saturated carbocycles. The zero-order valence-corrected chi connectivity index (χ0v) is 16.5. The molecule has 3 aromatic rings. The minimum Gasteiger partial charge on any atom is -0.493 e. The summed E-state index contributed by atoms with van der Waals surface area (Å²) in [6.07, 6.45) is 3.96. The normalized spacial score (nSPS) is 10.4. The fourth-order valence-corrected chi connectivity index (χ4v) is 2.70. The van der Waals surface area contributed by atoms with Crippen LogP contribution in [-0.4, -0.2) is 42.4 Å². The summed E-state index contributed by atoms with van der Waals surface area (Å²) in [5.74, 6) is 2.08. The maximum absolute atomic E-state index is 12.0. The number of nitrogens with zero attached hydrogens (tertiary/aromatic N) is 3. The molecule has 0 fully saturated rings. The highest BCUT2D eigenvalue weighted by atomic mass is 16.5. The second-order valence-electron chi connectivity index (χ2n) is 6.06. The number of rotatable bonds is 9. The highest BCUT2D eigenvalue weighted by molar-refractivity contribution is 5.76. The van der Waals surface area contributed by atoms with Crippen molar-refractivity contribution < 1.29 is 23.5 Å². The first kappa shape index (κ1) is 20.1. The van der Waals surface area contributed by atoms with Crippen LogP contribution >= 0.6 is 0 Å². The zero-order chi connectivity index (χ0) is 20.6. The van der Waals surface area contributed by atoms with E-state index in [9.17, 15) is 4.79 Å². The van der Waals surface area contributed by atoms with Gasteiger partial charge in [-0.2, -0.15) is 4.98 Å². The maximum atomic E-state index is 12.0. The Bertz CT molecular complexity index is 934. The van der Waals surface area contributed by atoms with Gasteiger partial charge in [-0.15, -0.1) is 0 Å². The van der Waals surface area contributed by atoms with Gasteiger partial charge >= 0.3 is 0 Å². The summed E-state index contributed by atoms with van der Waals surface area (Å²) >= 11 is 0. The van der Waals surface area contributed by atoms with Crippen LogP contribution in [0.15, 0.2) is 41.2 Å². The van der Waals surface area contributed by atoms with Crippen LogP contribution in [0.1, 0.15) is 17.9 Å².